The molecule has 0 amide bonds. The van der Waals surface area contributed by atoms with Crippen molar-refractivity contribution in [1.82, 2.24) is 19.9 Å². The highest BCUT2D eigenvalue weighted by molar-refractivity contribution is 5.80. The van der Waals surface area contributed by atoms with Gasteiger partial charge in [0, 0.05) is 37.7 Å². The Morgan fingerprint density at radius 3 is 2.61 bits per heavy atom. The van der Waals surface area contributed by atoms with Gasteiger partial charge in [-0.1, -0.05) is 6.07 Å². The normalized spacial score (nSPS) is 18.8. The van der Waals surface area contributed by atoms with Gasteiger partial charge in [0.1, 0.15) is 5.69 Å². The summed E-state index contributed by atoms with van der Waals surface area (Å²) in [5.74, 6) is 0.792. The molecule has 4 heterocycles. The molecule has 0 unspecified atom stereocenters. The fraction of sp³-hybridized carbons (Fsp3) is 0.429. The molecular weight excluding hydrogens is 354 g/mol. The summed E-state index contributed by atoms with van der Waals surface area (Å²) in [6.45, 7) is 3.48. The van der Waals surface area contributed by atoms with E-state index in [0.717, 1.165) is 73.7 Å². The largest absolute Gasteiger partial charge is 0.390 e. The average Bonchev–Trinajstić information content (AvgIpc) is 3.21. The lowest BCUT2D eigenvalue weighted by Gasteiger charge is -2.39. The highest BCUT2D eigenvalue weighted by Gasteiger charge is 2.38. The van der Waals surface area contributed by atoms with Crippen LogP contribution in [0.1, 0.15) is 25.0 Å². The number of aromatic nitrogens is 4. The minimum atomic E-state index is -0.131. The SMILES string of the molecule is OCc1nc(-c2ccc3nccnc3c2)cnc1N1CCC2(CCOC2)CC1. The van der Waals surface area contributed by atoms with Crippen LogP contribution in [0.15, 0.2) is 36.8 Å². The zero-order valence-corrected chi connectivity index (χ0v) is 15.7. The molecule has 1 N–H and O–H groups in total. The van der Waals surface area contributed by atoms with Crippen LogP contribution in [-0.2, 0) is 11.3 Å². The summed E-state index contributed by atoms with van der Waals surface area (Å²) >= 11 is 0. The van der Waals surface area contributed by atoms with E-state index in [1.807, 2.05) is 18.2 Å². The van der Waals surface area contributed by atoms with Crippen LogP contribution < -0.4 is 4.90 Å². The lowest BCUT2D eigenvalue weighted by atomic mass is 9.78. The van der Waals surface area contributed by atoms with Crippen molar-refractivity contribution in [2.75, 3.05) is 31.2 Å². The molecule has 0 bridgehead atoms. The molecule has 2 aliphatic rings. The van der Waals surface area contributed by atoms with Crippen LogP contribution in [0, 0.1) is 5.41 Å². The summed E-state index contributed by atoms with van der Waals surface area (Å²) in [7, 11) is 0. The van der Waals surface area contributed by atoms with Gasteiger partial charge in [-0.3, -0.25) is 9.97 Å². The number of hydrogen-bond donors (Lipinski definition) is 1. The lowest BCUT2D eigenvalue weighted by molar-refractivity contribution is 0.133. The van der Waals surface area contributed by atoms with E-state index in [1.54, 1.807) is 18.6 Å². The maximum atomic E-state index is 9.93. The molecule has 1 spiro atoms. The number of ether oxygens (including phenoxy) is 1. The van der Waals surface area contributed by atoms with Crippen molar-refractivity contribution < 1.29 is 9.84 Å². The van der Waals surface area contributed by atoms with Crippen LogP contribution in [0.3, 0.4) is 0 Å². The number of nitrogens with zero attached hydrogens (tertiary/aromatic N) is 5. The topological polar surface area (TPSA) is 84.3 Å². The molecular formula is C21H23N5O2. The van der Waals surface area contributed by atoms with Gasteiger partial charge in [-0.15, -0.1) is 0 Å². The standard InChI is InChI=1S/C21H23N5O2/c27-13-19-20(26-8-3-21(4-9-26)5-10-28-14-21)24-12-18(25-19)15-1-2-16-17(11-15)23-7-6-22-16/h1-2,6-7,11-12,27H,3-5,8-10,13-14H2. The molecule has 0 radical (unpaired) electrons. The molecule has 7 nitrogen and oxygen atoms in total. The maximum absolute atomic E-state index is 9.93. The molecule has 0 atom stereocenters. The first-order valence-corrected chi connectivity index (χ1v) is 9.77. The average molecular weight is 377 g/mol. The molecule has 144 valence electrons. The Morgan fingerprint density at radius 1 is 1.04 bits per heavy atom. The number of hydrogen-bond acceptors (Lipinski definition) is 7. The van der Waals surface area contributed by atoms with Crippen molar-refractivity contribution in [3.63, 3.8) is 0 Å². The van der Waals surface area contributed by atoms with Gasteiger partial charge in [0.05, 0.1) is 36.1 Å². The number of aliphatic hydroxyl groups excluding tert-OH is 1. The number of fused-ring (bicyclic) bond motifs is 1. The molecule has 7 heteroatoms. The van der Waals surface area contributed by atoms with Crippen LogP contribution in [-0.4, -0.2) is 51.3 Å². The minimum Gasteiger partial charge on any atom is -0.390 e. The molecule has 2 saturated heterocycles. The van der Waals surface area contributed by atoms with E-state index in [-0.39, 0.29) is 6.61 Å². The minimum absolute atomic E-state index is 0.131. The second-order valence-corrected chi connectivity index (χ2v) is 7.73. The summed E-state index contributed by atoms with van der Waals surface area (Å²) < 4.78 is 5.62. The maximum Gasteiger partial charge on any atom is 0.152 e. The highest BCUT2D eigenvalue weighted by Crippen LogP contribution is 2.40. The van der Waals surface area contributed by atoms with Crippen molar-refractivity contribution in [1.29, 1.82) is 0 Å². The third-order valence-electron chi connectivity index (χ3n) is 6.05. The summed E-state index contributed by atoms with van der Waals surface area (Å²) in [6, 6.07) is 5.85. The Kier molecular flexibility index (Phi) is 4.41. The van der Waals surface area contributed by atoms with E-state index in [4.69, 9.17) is 9.72 Å². The molecule has 2 fully saturated rings. The molecule has 0 saturated carbocycles. The summed E-state index contributed by atoms with van der Waals surface area (Å²) in [5.41, 5.74) is 4.28. The van der Waals surface area contributed by atoms with Crippen LogP contribution in [0.2, 0.25) is 0 Å². The Morgan fingerprint density at radius 2 is 1.86 bits per heavy atom. The van der Waals surface area contributed by atoms with Gasteiger partial charge >= 0.3 is 0 Å². The quantitative estimate of drug-likeness (QED) is 0.751. The van der Waals surface area contributed by atoms with Crippen LogP contribution in [0.25, 0.3) is 22.3 Å². The van der Waals surface area contributed by atoms with E-state index in [9.17, 15) is 5.11 Å². The Hall–Kier alpha value is -2.64. The second-order valence-electron chi connectivity index (χ2n) is 7.73. The number of piperidine rings is 1. The second kappa shape index (κ2) is 7.07. The van der Waals surface area contributed by atoms with Gasteiger partial charge in [0.15, 0.2) is 5.82 Å². The zero-order valence-electron chi connectivity index (χ0n) is 15.7. The first kappa shape index (κ1) is 17.5. The van der Waals surface area contributed by atoms with Gasteiger partial charge in [0.25, 0.3) is 0 Å². The zero-order chi connectivity index (χ0) is 19.0. The van der Waals surface area contributed by atoms with E-state index in [0.29, 0.717) is 11.1 Å². The van der Waals surface area contributed by atoms with Crippen LogP contribution in [0.5, 0.6) is 0 Å². The fourth-order valence-electron chi connectivity index (χ4n) is 4.29. The molecule has 0 aliphatic carbocycles. The first-order valence-electron chi connectivity index (χ1n) is 9.77. The summed E-state index contributed by atoms with van der Waals surface area (Å²) in [4.78, 5) is 20.3. The number of rotatable bonds is 3. The fourth-order valence-corrected chi connectivity index (χ4v) is 4.29. The molecule has 5 rings (SSSR count). The van der Waals surface area contributed by atoms with Gasteiger partial charge < -0.3 is 14.7 Å². The third-order valence-corrected chi connectivity index (χ3v) is 6.05. The smallest absolute Gasteiger partial charge is 0.152 e. The van der Waals surface area contributed by atoms with Gasteiger partial charge in [0.2, 0.25) is 0 Å². The van der Waals surface area contributed by atoms with Gasteiger partial charge in [-0.05, 0) is 36.8 Å². The Bertz CT molecular complexity index is 993. The summed E-state index contributed by atoms with van der Waals surface area (Å²) in [6.07, 6.45) is 8.51. The highest BCUT2D eigenvalue weighted by atomic mass is 16.5. The van der Waals surface area contributed by atoms with E-state index >= 15 is 0 Å². The van der Waals surface area contributed by atoms with Crippen molar-refractivity contribution in [3.8, 4) is 11.3 Å². The summed E-state index contributed by atoms with van der Waals surface area (Å²) in [5, 5.41) is 9.93. The van der Waals surface area contributed by atoms with Crippen LogP contribution >= 0.6 is 0 Å². The predicted molar refractivity (Wildman–Crippen MR) is 106 cm³/mol. The lowest BCUT2D eigenvalue weighted by Crippen LogP contribution is -2.41. The van der Waals surface area contributed by atoms with E-state index in [1.165, 1.54) is 0 Å². The van der Waals surface area contributed by atoms with E-state index < -0.39 is 0 Å². The van der Waals surface area contributed by atoms with Crippen molar-refractivity contribution >= 4 is 16.9 Å². The van der Waals surface area contributed by atoms with Crippen molar-refractivity contribution in [2.24, 2.45) is 5.41 Å². The molecule has 1 aromatic carbocycles. The molecule has 2 aliphatic heterocycles. The molecule has 3 aromatic rings. The van der Waals surface area contributed by atoms with Crippen molar-refractivity contribution in [2.45, 2.75) is 25.9 Å². The van der Waals surface area contributed by atoms with Crippen LogP contribution in [0.4, 0.5) is 5.82 Å². The molecule has 2 aromatic heterocycles. The number of aliphatic hydroxyl groups is 1. The van der Waals surface area contributed by atoms with Crippen molar-refractivity contribution in [3.05, 3.63) is 42.5 Å². The Labute approximate surface area is 163 Å². The number of benzene rings is 1. The predicted octanol–water partition coefficient (Wildman–Crippen LogP) is 2.59. The van der Waals surface area contributed by atoms with Gasteiger partial charge in [-0.2, -0.15) is 0 Å². The third kappa shape index (κ3) is 3.10. The van der Waals surface area contributed by atoms with Gasteiger partial charge in [-0.25, -0.2) is 9.97 Å². The molecule has 28 heavy (non-hydrogen) atoms. The monoisotopic (exact) mass is 377 g/mol. The Balaban J connectivity index is 1.41. The first-order chi connectivity index (χ1) is 13.8. The number of anilines is 1. The van der Waals surface area contributed by atoms with E-state index in [2.05, 4.69) is 19.9 Å².